The minimum Gasteiger partial charge on any atom is -0.399 e. The van der Waals surface area contributed by atoms with Gasteiger partial charge in [0.15, 0.2) is 8.68 Å². The number of fused-ring (bicyclic) bond motifs is 1. The third kappa shape index (κ3) is 2.79. The fourth-order valence-electron chi connectivity index (χ4n) is 1.59. The largest absolute Gasteiger partial charge is 0.399 e. The minimum atomic E-state index is -0.0165. The molecule has 2 N–H and O–H groups in total. The van der Waals surface area contributed by atoms with Crippen LogP contribution in [-0.2, 0) is 5.41 Å². The maximum Gasteiger partial charge on any atom is 0.177 e. The first-order chi connectivity index (χ1) is 9.41. The summed E-state index contributed by atoms with van der Waals surface area (Å²) in [4.78, 5) is 9.16. The van der Waals surface area contributed by atoms with Crippen LogP contribution in [0.1, 0.15) is 26.6 Å². The Morgan fingerprint density at radius 3 is 2.65 bits per heavy atom. The summed E-state index contributed by atoms with van der Waals surface area (Å²) in [7, 11) is 0. The number of hydrogen-bond donors (Lipinski definition) is 1. The molecule has 0 aliphatic rings. The number of nitrogen functional groups attached to an aromatic ring is 1. The maximum atomic E-state index is 5.79. The molecule has 0 radical (unpaired) electrons. The van der Waals surface area contributed by atoms with Crippen molar-refractivity contribution in [2.75, 3.05) is 5.73 Å². The molecule has 2 heterocycles. The molecule has 7 heteroatoms. The molecule has 0 saturated heterocycles. The SMILES string of the molecule is CC(C)(C)c1nsc(Sc2nc3ccc(N)cc3s2)n1. The third-order valence-corrected chi connectivity index (χ3v) is 5.48. The Kier molecular flexibility index (Phi) is 3.43. The van der Waals surface area contributed by atoms with E-state index in [0.717, 1.165) is 30.4 Å². The van der Waals surface area contributed by atoms with Gasteiger partial charge in [-0.05, 0) is 41.5 Å². The summed E-state index contributed by atoms with van der Waals surface area (Å²) in [5.74, 6) is 0.885. The molecule has 3 rings (SSSR count). The highest BCUT2D eigenvalue weighted by Gasteiger charge is 2.20. The Morgan fingerprint density at radius 2 is 1.95 bits per heavy atom. The van der Waals surface area contributed by atoms with E-state index in [1.807, 2.05) is 18.2 Å². The predicted octanol–water partition coefficient (Wildman–Crippen LogP) is 4.18. The van der Waals surface area contributed by atoms with Crippen LogP contribution in [0.25, 0.3) is 10.2 Å². The van der Waals surface area contributed by atoms with Crippen molar-refractivity contribution in [1.82, 2.24) is 14.3 Å². The Labute approximate surface area is 129 Å². The van der Waals surface area contributed by atoms with Crippen molar-refractivity contribution in [2.45, 2.75) is 34.9 Å². The quantitative estimate of drug-likeness (QED) is 0.717. The summed E-state index contributed by atoms with van der Waals surface area (Å²) in [6.45, 7) is 6.35. The van der Waals surface area contributed by atoms with Gasteiger partial charge in [0.1, 0.15) is 5.82 Å². The average Bonchev–Trinajstić information content (AvgIpc) is 2.94. The van der Waals surface area contributed by atoms with E-state index in [2.05, 4.69) is 35.1 Å². The highest BCUT2D eigenvalue weighted by atomic mass is 32.2. The molecule has 0 aliphatic carbocycles. The molecule has 0 amide bonds. The first-order valence-corrected chi connectivity index (χ1v) is 8.50. The maximum absolute atomic E-state index is 5.79. The fraction of sp³-hybridized carbons (Fsp3) is 0.308. The van der Waals surface area contributed by atoms with Crippen molar-refractivity contribution >= 4 is 50.5 Å². The molecular weight excluding hydrogens is 308 g/mol. The van der Waals surface area contributed by atoms with E-state index in [1.54, 1.807) is 23.1 Å². The zero-order valence-electron chi connectivity index (χ0n) is 11.4. The summed E-state index contributed by atoms with van der Waals surface area (Å²) in [5.41, 5.74) is 7.52. The Bertz CT molecular complexity index is 754. The van der Waals surface area contributed by atoms with E-state index in [0.29, 0.717) is 0 Å². The normalized spacial score (nSPS) is 12.2. The van der Waals surface area contributed by atoms with Gasteiger partial charge in [0.05, 0.1) is 10.2 Å². The molecule has 104 valence electrons. The monoisotopic (exact) mass is 322 g/mol. The highest BCUT2D eigenvalue weighted by molar-refractivity contribution is 8.02. The van der Waals surface area contributed by atoms with Gasteiger partial charge in [-0.15, -0.1) is 11.3 Å². The lowest BCUT2D eigenvalue weighted by atomic mass is 9.96. The van der Waals surface area contributed by atoms with Gasteiger partial charge in [-0.2, -0.15) is 4.37 Å². The number of nitrogens with two attached hydrogens (primary N) is 1. The van der Waals surface area contributed by atoms with Gasteiger partial charge in [-0.25, -0.2) is 9.97 Å². The van der Waals surface area contributed by atoms with Crippen molar-refractivity contribution in [2.24, 2.45) is 0 Å². The molecule has 0 bridgehead atoms. The van der Waals surface area contributed by atoms with Crippen molar-refractivity contribution in [3.63, 3.8) is 0 Å². The van der Waals surface area contributed by atoms with Crippen LogP contribution in [0.4, 0.5) is 5.69 Å². The van der Waals surface area contributed by atoms with Crippen molar-refractivity contribution < 1.29 is 0 Å². The number of rotatable bonds is 2. The molecule has 0 unspecified atom stereocenters. The smallest absolute Gasteiger partial charge is 0.177 e. The lowest BCUT2D eigenvalue weighted by Gasteiger charge is -2.11. The zero-order valence-corrected chi connectivity index (χ0v) is 13.8. The van der Waals surface area contributed by atoms with E-state index < -0.39 is 0 Å². The van der Waals surface area contributed by atoms with Crippen molar-refractivity contribution in [3.05, 3.63) is 24.0 Å². The lowest BCUT2D eigenvalue weighted by molar-refractivity contribution is 0.551. The summed E-state index contributed by atoms with van der Waals surface area (Å²) in [6, 6.07) is 5.78. The molecular formula is C13H14N4S3. The summed E-state index contributed by atoms with van der Waals surface area (Å²) < 4.78 is 7.43. The summed E-state index contributed by atoms with van der Waals surface area (Å²) >= 11 is 4.63. The molecule has 0 atom stereocenters. The first kappa shape index (κ1) is 13.8. The van der Waals surface area contributed by atoms with Crippen LogP contribution in [0.5, 0.6) is 0 Å². The van der Waals surface area contributed by atoms with Crippen LogP contribution in [-0.4, -0.2) is 14.3 Å². The topological polar surface area (TPSA) is 64.7 Å². The molecule has 3 aromatic rings. The van der Waals surface area contributed by atoms with Crippen LogP contribution in [0.2, 0.25) is 0 Å². The van der Waals surface area contributed by atoms with Gasteiger partial charge in [-0.1, -0.05) is 20.8 Å². The summed E-state index contributed by atoms with van der Waals surface area (Å²) in [5, 5.41) is 0. The first-order valence-electron chi connectivity index (χ1n) is 6.10. The molecule has 2 aromatic heterocycles. The van der Waals surface area contributed by atoms with Gasteiger partial charge in [0.2, 0.25) is 0 Å². The van der Waals surface area contributed by atoms with E-state index in [9.17, 15) is 0 Å². The van der Waals surface area contributed by atoms with Gasteiger partial charge < -0.3 is 5.73 Å². The van der Waals surface area contributed by atoms with Crippen LogP contribution in [0, 0.1) is 0 Å². The average molecular weight is 322 g/mol. The number of hydrogen-bond acceptors (Lipinski definition) is 7. The number of benzene rings is 1. The number of thiazole rings is 1. The highest BCUT2D eigenvalue weighted by Crippen LogP contribution is 2.36. The van der Waals surface area contributed by atoms with Gasteiger partial charge in [0.25, 0.3) is 0 Å². The zero-order chi connectivity index (χ0) is 14.3. The van der Waals surface area contributed by atoms with Gasteiger partial charge in [0, 0.05) is 11.1 Å². The molecule has 0 aliphatic heterocycles. The molecule has 0 spiro atoms. The third-order valence-electron chi connectivity index (χ3n) is 2.65. The Balaban J connectivity index is 1.87. The predicted molar refractivity (Wildman–Crippen MR) is 86.8 cm³/mol. The summed E-state index contributed by atoms with van der Waals surface area (Å²) in [6.07, 6.45) is 0. The number of anilines is 1. The van der Waals surface area contributed by atoms with Crippen LogP contribution < -0.4 is 5.73 Å². The Hall–Kier alpha value is -1.18. The molecule has 1 aromatic carbocycles. The van der Waals surface area contributed by atoms with Crippen LogP contribution in [0.3, 0.4) is 0 Å². The Morgan fingerprint density at radius 1 is 1.15 bits per heavy atom. The lowest BCUT2D eigenvalue weighted by Crippen LogP contribution is -2.12. The molecule has 20 heavy (non-hydrogen) atoms. The van der Waals surface area contributed by atoms with E-state index in [4.69, 9.17) is 5.73 Å². The van der Waals surface area contributed by atoms with E-state index >= 15 is 0 Å². The van der Waals surface area contributed by atoms with Crippen molar-refractivity contribution in [3.8, 4) is 0 Å². The van der Waals surface area contributed by atoms with Gasteiger partial charge >= 0.3 is 0 Å². The number of aromatic nitrogens is 3. The minimum absolute atomic E-state index is 0.0165. The van der Waals surface area contributed by atoms with Gasteiger partial charge in [-0.3, -0.25) is 0 Å². The number of nitrogens with zero attached hydrogens (tertiary/aromatic N) is 3. The molecule has 0 saturated carbocycles. The van der Waals surface area contributed by atoms with E-state index in [1.165, 1.54) is 11.5 Å². The standard InChI is InChI=1S/C13H14N4S3/c1-13(2,3)10-16-12(20-17-10)19-11-15-8-5-4-7(14)6-9(8)18-11/h4-6H,14H2,1-3H3. The second kappa shape index (κ2) is 4.98. The molecule has 0 fully saturated rings. The van der Waals surface area contributed by atoms with E-state index in [-0.39, 0.29) is 5.41 Å². The second-order valence-electron chi connectivity index (χ2n) is 5.44. The second-order valence-corrected chi connectivity index (χ2v) is 8.72. The van der Waals surface area contributed by atoms with Crippen LogP contribution in [0.15, 0.2) is 26.9 Å². The fourth-order valence-corrected chi connectivity index (χ4v) is 4.70. The molecule has 4 nitrogen and oxygen atoms in total. The van der Waals surface area contributed by atoms with Crippen molar-refractivity contribution in [1.29, 1.82) is 0 Å². The van der Waals surface area contributed by atoms with Crippen LogP contribution >= 0.6 is 34.6 Å².